The molecule has 2 heterocycles. The Labute approximate surface area is 176 Å². The van der Waals surface area contributed by atoms with Crippen LogP contribution in [0.4, 0.5) is 0 Å². The van der Waals surface area contributed by atoms with Gasteiger partial charge in [-0.25, -0.2) is 0 Å². The molecule has 0 aliphatic carbocycles. The molecule has 0 spiro atoms. The third-order valence-electron chi connectivity index (χ3n) is 6.22. The van der Waals surface area contributed by atoms with E-state index in [1.807, 2.05) is 48.5 Å². The van der Waals surface area contributed by atoms with Crippen molar-refractivity contribution in [3.63, 3.8) is 0 Å². The molecule has 2 aliphatic rings. The highest BCUT2D eigenvalue weighted by Crippen LogP contribution is 2.34. The molecule has 2 N–H and O–H groups in total. The summed E-state index contributed by atoms with van der Waals surface area (Å²) >= 11 is 0. The maximum Gasteiger partial charge on any atom is 0.249 e. The van der Waals surface area contributed by atoms with Gasteiger partial charge in [-0.05, 0) is 48.4 Å². The topological polar surface area (TPSA) is 90.4 Å². The molecule has 2 aromatic carbocycles. The molecular formula is C24H26N4O2. The van der Waals surface area contributed by atoms with E-state index in [0.29, 0.717) is 25.2 Å². The predicted molar refractivity (Wildman–Crippen MR) is 115 cm³/mol. The molecule has 2 aromatic rings. The Balaban J connectivity index is 1.52. The third kappa shape index (κ3) is 3.94. The van der Waals surface area contributed by atoms with Gasteiger partial charge < -0.3 is 10.6 Å². The number of nitrogens with zero attached hydrogens (tertiary/aromatic N) is 3. The summed E-state index contributed by atoms with van der Waals surface area (Å²) in [5, 5.41) is 9.24. The minimum absolute atomic E-state index is 0.0212. The summed E-state index contributed by atoms with van der Waals surface area (Å²) in [6.07, 6.45) is 2.52. The molecule has 154 valence electrons. The number of benzene rings is 2. The first kappa shape index (κ1) is 20.1. The van der Waals surface area contributed by atoms with Crippen LogP contribution in [-0.2, 0) is 4.79 Å². The van der Waals surface area contributed by atoms with Crippen LogP contribution in [0.3, 0.4) is 0 Å². The van der Waals surface area contributed by atoms with Gasteiger partial charge >= 0.3 is 0 Å². The smallest absolute Gasteiger partial charge is 0.249 e. The van der Waals surface area contributed by atoms with E-state index in [0.717, 1.165) is 42.5 Å². The summed E-state index contributed by atoms with van der Waals surface area (Å²) in [5.41, 5.74) is 9.15. The highest BCUT2D eigenvalue weighted by atomic mass is 16.2. The van der Waals surface area contributed by atoms with E-state index in [1.54, 1.807) is 4.90 Å². The van der Waals surface area contributed by atoms with Gasteiger partial charge in [0.2, 0.25) is 11.8 Å². The number of hydrogen-bond acceptors (Lipinski definition) is 4. The molecule has 2 fully saturated rings. The van der Waals surface area contributed by atoms with Crippen molar-refractivity contribution in [3.8, 4) is 17.2 Å². The first-order chi connectivity index (χ1) is 14.6. The average Bonchev–Trinajstić information content (AvgIpc) is 3.43. The van der Waals surface area contributed by atoms with Gasteiger partial charge in [-0.3, -0.25) is 14.5 Å². The van der Waals surface area contributed by atoms with E-state index in [-0.39, 0.29) is 17.9 Å². The fourth-order valence-electron chi connectivity index (χ4n) is 4.76. The lowest BCUT2D eigenvalue weighted by Gasteiger charge is -2.23. The van der Waals surface area contributed by atoms with Crippen molar-refractivity contribution in [2.75, 3.05) is 26.2 Å². The SMILES string of the molecule is N#C[C@@H]1CCCN1C(=O)CN1CC[C@@H](c2cccc(-c3ccccc3)c2C(N)=O)C1. The number of rotatable bonds is 5. The van der Waals surface area contributed by atoms with Gasteiger partial charge in [0.1, 0.15) is 6.04 Å². The van der Waals surface area contributed by atoms with Crippen LogP contribution in [0, 0.1) is 11.3 Å². The summed E-state index contributed by atoms with van der Waals surface area (Å²) in [4.78, 5) is 28.9. The van der Waals surface area contributed by atoms with Gasteiger partial charge in [0, 0.05) is 13.1 Å². The summed E-state index contributed by atoms with van der Waals surface area (Å²) in [6, 6.07) is 17.6. The second kappa shape index (κ2) is 8.68. The standard InChI is InChI=1S/C24H26N4O2/c25-14-19-8-5-12-28(19)22(29)16-27-13-11-18(15-27)21-10-4-9-20(23(21)24(26)30)17-6-2-1-3-7-17/h1-4,6-7,9-10,18-19H,5,8,11-13,15-16H2,(H2,26,30)/t18-,19+/m1/s1. The number of nitrogens with two attached hydrogens (primary N) is 1. The number of nitriles is 1. The van der Waals surface area contributed by atoms with Crippen LogP contribution in [0.5, 0.6) is 0 Å². The van der Waals surface area contributed by atoms with Gasteiger partial charge in [0.05, 0.1) is 18.2 Å². The van der Waals surface area contributed by atoms with Crippen LogP contribution in [0.25, 0.3) is 11.1 Å². The van der Waals surface area contributed by atoms with Gasteiger partial charge in [-0.1, -0.05) is 48.5 Å². The van der Waals surface area contributed by atoms with Crippen LogP contribution < -0.4 is 5.73 Å². The van der Waals surface area contributed by atoms with E-state index in [2.05, 4.69) is 11.0 Å². The zero-order valence-corrected chi connectivity index (χ0v) is 17.0. The zero-order chi connectivity index (χ0) is 21.1. The third-order valence-corrected chi connectivity index (χ3v) is 6.22. The van der Waals surface area contributed by atoms with Crippen LogP contribution in [0.2, 0.25) is 0 Å². The monoisotopic (exact) mass is 402 g/mol. The molecular weight excluding hydrogens is 376 g/mol. The number of primary amides is 1. The second-order valence-electron chi connectivity index (χ2n) is 8.10. The van der Waals surface area contributed by atoms with E-state index in [4.69, 9.17) is 5.73 Å². The Bertz CT molecular complexity index is 982. The minimum atomic E-state index is -0.423. The van der Waals surface area contributed by atoms with Crippen molar-refractivity contribution in [3.05, 3.63) is 59.7 Å². The molecule has 2 aliphatic heterocycles. The molecule has 0 saturated carbocycles. The van der Waals surface area contributed by atoms with Crippen LogP contribution >= 0.6 is 0 Å². The van der Waals surface area contributed by atoms with E-state index in [9.17, 15) is 14.9 Å². The first-order valence-electron chi connectivity index (χ1n) is 10.5. The fraction of sp³-hybridized carbons (Fsp3) is 0.375. The van der Waals surface area contributed by atoms with Crippen molar-refractivity contribution >= 4 is 11.8 Å². The second-order valence-corrected chi connectivity index (χ2v) is 8.10. The molecule has 0 bridgehead atoms. The van der Waals surface area contributed by atoms with E-state index in [1.165, 1.54) is 0 Å². The molecule has 4 rings (SSSR count). The van der Waals surface area contributed by atoms with Crippen LogP contribution in [-0.4, -0.2) is 53.8 Å². The number of carbonyl (C=O) groups excluding carboxylic acids is 2. The number of amides is 2. The predicted octanol–water partition coefficient (Wildman–Crippen LogP) is 2.76. The lowest BCUT2D eigenvalue weighted by molar-refractivity contribution is -0.132. The van der Waals surface area contributed by atoms with Crippen molar-refractivity contribution < 1.29 is 9.59 Å². The Kier molecular flexibility index (Phi) is 5.82. The number of likely N-dealkylation sites (tertiary alicyclic amines) is 2. The normalized spacial score (nSPS) is 21.5. The quantitative estimate of drug-likeness (QED) is 0.833. The van der Waals surface area contributed by atoms with Crippen molar-refractivity contribution in [2.45, 2.75) is 31.2 Å². The number of carbonyl (C=O) groups is 2. The molecule has 6 heteroatoms. The molecule has 6 nitrogen and oxygen atoms in total. The molecule has 0 radical (unpaired) electrons. The fourth-order valence-corrected chi connectivity index (χ4v) is 4.76. The summed E-state index contributed by atoms with van der Waals surface area (Å²) in [5.74, 6) is -0.255. The highest BCUT2D eigenvalue weighted by Gasteiger charge is 2.33. The van der Waals surface area contributed by atoms with Crippen molar-refractivity contribution in [1.29, 1.82) is 5.26 Å². The van der Waals surface area contributed by atoms with E-state index >= 15 is 0 Å². The molecule has 30 heavy (non-hydrogen) atoms. The zero-order valence-electron chi connectivity index (χ0n) is 17.0. The van der Waals surface area contributed by atoms with Crippen molar-refractivity contribution in [2.24, 2.45) is 5.73 Å². The lowest BCUT2D eigenvalue weighted by atomic mass is 9.88. The maximum atomic E-state index is 12.7. The molecule has 2 amide bonds. The molecule has 2 saturated heterocycles. The lowest BCUT2D eigenvalue weighted by Crippen LogP contribution is -2.41. The van der Waals surface area contributed by atoms with Crippen LogP contribution in [0.15, 0.2) is 48.5 Å². The van der Waals surface area contributed by atoms with Gasteiger partial charge in [-0.15, -0.1) is 0 Å². The van der Waals surface area contributed by atoms with Crippen molar-refractivity contribution in [1.82, 2.24) is 9.80 Å². The Morgan fingerprint density at radius 1 is 1.07 bits per heavy atom. The Morgan fingerprint density at radius 2 is 1.87 bits per heavy atom. The minimum Gasteiger partial charge on any atom is -0.366 e. The highest BCUT2D eigenvalue weighted by molar-refractivity contribution is 6.01. The number of hydrogen-bond donors (Lipinski definition) is 1. The van der Waals surface area contributed by atoms with Crippen LogP contribution in [0.1, 0.15) is 41.1 Å². The largest absolute Gasteiger partial charge is 0.366 e. The summed E-state index contributed by atoms with van der Waals surface area (Å²) in [7, 11) is 0. The average molecular weight is 402 g/mol. The van der Waals surface area contributed by atoms with E-state index < -0.39 is 5.91 Å². The Morgan fingerprint density at radius 3 is 2.60 bits per heavy atom. The molecule has 2 atom stereocenters. The summed E-state index contributed by atoms with van der Waals surface area (Å²) < 4.78 is 0. The molecule has 0 unspecified atom stereocenters. The first-order valence-corrected chi connectivity index (χ1v) is 10.5. The van der Waals surface area contributed by atoms with Gasteiger partial charge in [-0.2, -0.15) is 5.26 Å². The Hall–Kier alpha value is -3.17. The molecule has 0 aromatic heterocycles. The van der Waals surface area contributed by atoms with Gasteiger partial charge in [0.25, 0.3) is 0 Å². The summed E-state index contributed by atoms with van der Waals surface area (Å²) in [6.45, 7) is 2.47. The maximum absolute atomic E-state index is 12.7. The van der Waals surface area contributed by atoms with Gasteiger partial charge in [0.15, 0.2) is 0 Å².